The van der Waals surface area contributed by atoms with Gasteiger partial charge in [-0.25, -0.2) is 0 Å². The van der Waals surface area contributed by atoms with E-state index >= 15 is 0 Å². The van der Waals surface area contributed by atoms with Crippen LogP contribution in [0.4, 0.5) is 11.4 Å². The van der Waals surface area contributed by atoms with Gasteiger partial charge in [0.05, 0.1) is 35.8 Å². The lowest BCUT2D eigenvalue weighted by Crippen LogP contribution is -2.54. The molecule has 0 saturated carbocycles. The molecule has 9 heteroatoms. The molecule has 0 bridgehead atoms. The largest absolute Gasteiger partial charge is 0.465 e. The SMILES string of the molecule is CCN(CC)c1ccc(N2CC=C[C@]34S[C@]5(C)/C=C\CCCCOC(=O)[C@@H]5[C@H]3C(=O)N([C@H](CO)c3ccccc3)C4C2=O)cc1. The van der Waals surface area contributed by atoms with E-state index in [9.17, 15) is 19.5 Å². The number of allylic oxidation sites excluding steroid dienone is 1. The van der Waals surface area contributed by atoms with E-state index in [0.29, 0.717) is 13.2 Å². The number of carbonyl (C=O) groups excluding carboxylic acids is 3. The minimum Gasteiger partial charge on any atom is -0.465 e. The summed E-state index contributed by atoms with van der Waals surface area (Å²) in [5.41, 5.74) is 2.55. The van der Waals surface area contributed by atoms with E-state index < -0.39 is 39.4 Å². The summed E-state index contributed by atoms with van der Waals surface area (Å²) in [5.74, 6) is -2.55. The molecule has 1 spiro atoms. The molecule has 4 aliphatic heterocycles. The molecule has 0 aliphatic carbocycles. The first kappa shape index (κ1) is 31.4. The maximum Gasteiger partial charge on any atom is 0.311 e. The minimum atomic E-state index is -1.04. The number of aliphatic hydroxyl groups excluding tert-OH is 1. The Bertz CT molecular complexity index is 1480. The number of aliphatic hydroxyl groups is 1. The number of carbonyl (C=O) groups is 3. The normalized spacial score (nSPS) is 31.0. The van der Waals surface area contributed by atoms with Gasteiger partial charge in [-0.3, -0.25) is 14.4 Å². The van der Waals surface area contributed by atoms with Crippen LogP contribution >= 0.6 is 11.8 Å². The van der Waals surface area contributed by atoms with Crippen LogP contribution in [0.15, 0.2) is 78.9 Å². The van der Waals surface area contributed by atoms with Gasteiger partial charge in [0.15, 0.2) is 0 Å². The summed E-state index contributed by atoms with van der Waals surface area (Å²) in [5, 5.41) is 10.8. The van der Waals surface area contributed by atoms with Gasteiger partial charge in [-0.1, -0.05) is 54.6 Å². The van der Waals surface area contributed by atoms with Crippen molar-refractivity contribution < 1.29 is 24.2 Å². The van der Waals surface area contributed by atoms with Gasteiger partial charge in [-0.2, -0.15) is 0 Å². The van der Waals surface area contributed by atoms with E-state index in [1.807, 2.05) is 73.7 Å². The van der Waals surface area contributed by atoms with E-state index in [2.05, 4.69) is 30.9 Å². The Kier molecular flexibility index (Phi) is 8.85. The second-order valence-corrected chi connectivity index (χ2v) is 14.2. The summed E-state index contributed by atoms with van der Waals surface area (Å²) >= 11 is 1.53. The molecule has 2 amide bonds. The highest BCUT2D eigenvalue weighted by Gasteiger charge is 2.74. The van der Waals surface area contributed by atoms with Crippen LogP contribution in [0.1, 0.15) is 51.6 Å². The first-order valence-corrected chi connectivity index (χ1v) is 17.0. The number of anilines is 2. The van der Waals surface area contributed by atoms with Crippen molar-refractivity contribution in [3.05, 3.63) is 84.5 Å². The third-order valence-electron chi connectivity index (χ3n) is 9.92. The number of hydrogen-bond acceptors (Lipinski definition) is 7. The highest BCUT2D eigenvalue weighted by Crippen LogP contribution is 2.66. The molecule has 1 unspecified atom stereocenters. The predicted molar refractivity (Wildman–Crippen MR) is 178 cm³/mol. The van der Waals surface area contributed by atoms with Crippen LogP contribution in [-0.2, 0) is 19.1 Å². The van der Waals surface area contributed by atoms with Gasteiger partial charge in [0.2, 0.25) is 5.91 Å². The summed E-state index contributed by atoms with van der Waals surface area (Å²) in [7, 11) is 0. The van der Waals surface area contributed by atoms with Gasteiger partial charge in [0.1, 0.15) is 6.04 Å². The van der Waals surface area contributed by atoms with Crippen molar-refractivity contribution in [2.24, 2.45) is 11.8 Å². The first-order chi connectivity index (χ1) is 21.8. The molecule has 1 N–H and O–H groups in total. The van der Waals surface area contributed by atoms with Crippen LogP contribution in [0.3, 0.4) is 0 Å². The van der Waals surface area contributed by atoms with Gasteiger partial charge >= 0.3 is 5.97 Å². The van der Waals surface area contributed by atoms with Crippen molar-refractivity contribution in [2.75, 3.05) is 42.6 Å². The van der Waals surface area contributed by atoms with Crippen LogP contribution in [0.5, 0.6) is 0 Å². The number of nitrogens with zero attached hydrogens (tertiary/aromatic N) is 3. The zero-order valence-corrected chi connectivity index (χ0v) is 27.1. The third kappa shape index (κ3) is 5.27. The second kappa shape index (κ2) is 12.7. The number of cyclic esters (lactones) is 1. The smallest absolute Gasteiger partial charge is 0.311 e. The van der Waals surface area contributed by atoms with Gasteiger partial charge in [0, 0.05) is 35.8 Å². The van der Waals surface area contributed by atoms with E-state index in [1.54, 1.807) is 9.80 Å². The molecule has 4 heterocycles. The number of thioether (sulfide) groups is 1. The minimum absolute atomic E-state index is 0.224. The fraction of sp³-hybridized carbons (Fsp3) is 0.472. The standard InChI is InChI=1S/C36H43N3O5S/c1-4-37(5-2)26-16-18-27(19-17-26)38-22-13-21-36-29(30-34(43)44-23-12-7-6-11-20-35(30,3)45-36)32(41)39(31(36)33(38)42)28(24-40)25-14-9-8-10-15-25/h8-11,13-21,28-31,40H,4-7,12,22-24H2,1-3H3/b20-11-/t28-,29+,30+,31?,35-,36+/m1/s1. The van der Waals surface area contributed by atoms with Gasteiger partial charge < -0.3 is 24.5 Å². The van der Waals surface area contributed by atoms with Crippen molar-refractivity contribution in [1.82, 2.24) is 4.90 Å². The van der Waals surface area contributed by atoms with Gasteiger partial charge in [-0.15, -0.1) is 11.8 Å². The first-order valence-electron chi connectivity index (χ1n) is 16.2. The van der Waals surface area contributed by atoms with Crippen molar-refractivity contribution in [3.63, 3.8) is 0 Å². The summed E-state index contributed by atoms with van der Waals surface area (Å²) in [6.07, 6.45) is 10.7. The molecule has 45 heavy (non-hydrogen) atoms. The number of esters is 1. The number of benzene rings is 2. The summed E-state index contributed by atoms with van der Waals surface area (Å²) < 4.78 is 4.01. The Morgan fingerprint density at radius 1 is 0.956 bits per heavy atom. The van der Waals surface area contributed by atoms with E-state index in [1.165, 1.54) is 11.8 Å². The molecule has 4 aliphatic rings. The van der Waals surface area contributed by atoms with E-state index in [-0.39, 0.29) is 18.4 Å². The molecule has 238 valence electrons. The Labute approximate surface area is 270 Å². The fourth-order valence-electron chi connectivity index (χ4n) is 7.77. The van der Waals surface area contributed by atoms with Crippen LogP contribution in [-0.4, -0.2) is 76.2 Å². The highest BCUT2D eigenvalue weighted by atomic mass is 32.2. The van der Waals surface area contributed by atoms with E-state index in [4.69, 9.17) is 4.74 Å². The van der Waals surface area contributed by atoms with Gasteiger partial charge in [0.25, 0.3) is 5.91 Å². The lowest BCUT2D eigenvalue weighted by molar-refractivity contribution is -0.154. The van der Waals surface area contributed by atoms with Crippen molar-refractivity contribution >= 4 is 40.9 Å². The third-order valence-corrected chi connectivity index (χ3v) is 11.7. The second-order valence-electron chi connectivity index (χ2n) is 12.5. The average Bonchev–Trinajstić information content (AvgIpc) is 3.38. The van der Waals surface area contributed by atoms with Crippen molar-refractivity contribution in [1.29, 1.82) is 0 Å². The number of ether oxygens (including phenoxy) is 1. The van der Waals surface area contributed by atoms with Crippen molar-refractivity contribution in [3.8, 4) is 0 Å². The molecule has 8 nitrogen and oxygen atoms in total. The average molecular weight is 630 g/mol. The van der Waals surface area contributed by atoms with Gasteiger partial charge in [-0.05, 0) is 69.9 Å². The maximum absolute atomic E-state index is 15.0. The van der Waals surface area contributed by atoms with E-state index in [0.717, 1.165) is 49.3 Å². The maximum atomic E-state index is 15.0. The molecular weight excluding hydrogens is 586 g/mol. The fourth-order valence-corrected chi connectivity index (χ4v) is 9.91. The zero-order chi connectivity index (χ0) is 31.8. The predicted octanol–water partition coefficient (Wildman–Crippen LogP) is 5.14. The quantitative estimate of drug-likeness (QED) is 0.335. The Morgan fingerprint density at radius 2 is 1.69 bits per heavy atom. The lowest BCUT2D eigenvalue weighted by Gasteiger charge is -2.40. The van der Waals surface area contributed by atoms with Crippen LogP contribution < -0.4 is 9.80 Å². The lowest BCUT2D eigenvalue weighted by atomic mass is 9.74. The molecule has 6 rings (SSSR count). The molecule has 2 saturated heterocycles. The summed E-state index contributed by atoms with van der Waals surface area (Å²) in [6.45, 7) is 8.25. The zero-order valence-electron chi connectivity index (χ0n) is 26.3. The molecule has 6 atom stereocenters. The summed E-state index contributed by atoms with van der Waals surface area (Å²) in [6, 6.07) is 15.6. The molecule has 2 fully saturated rings. The monoisotopic (exact) mass is 629 g/mol. The molecule has 2 aromatic rings. The summed E-state index contributed by atoms with van der Waals surface area (Å²) in [4.78, 5) is 49.3. The Morgan fingerprint density at radius 3 is 2.38 bits per heavy atom. The number of hydrogen-bond donors (Lipinski definition) is 1. The topological polar surface area (TPSA) is 90.4 Å². The van der Waals surface area contributed by atoms with Crippen LogP contribution in [0.25, 0.3) is 0 Å². The highest BCUT2D eigenvalue weighted by molar-refractivity contribution is 8.02. The molecular formula is C36H43N3O5S. The Hall–Kier alpha value is -3.56. The Balaban J connectivity index is 1.49. The molecule has 0 aromatic heterocycles. The van der Waals surface area contributed by atoms with Crippen LogP contribution in [0.2, 0.25) is 0 Å². The number of likely N-dealkylation sites (tertiary alicyclic amines) is 1. The molecule has 0 radical (unpaired) electrons. The van der Waals surface area contributed by atoms with Crippen molar-refractivity contribution in [2.45, 2.75) is 61.6 Å². The van der Waals surface area contributed by atoms with Crippen LogP contribution in [0, 0.1) is 11.8 Å². The number of amides is 2. The number of fused-ring (bicyclic) bond motifs is 2. The molecule has 2 aromatic carbocycles. The number of rotatable bonds is 7.